The summed E-state index contributed by atoms with van der Waals surface area (Å²) in [5.41, 5.74) is 2.54. The molecule has 0 bridgehead atoms. The van der Waals surface area contributed by atoms with E-state index in [0.717, 1.165) is 16.7 Å². The van der Waals surface area contributed by atoms with Gasteiger partial charge in [-0.25, -0.2) is 8.42 Å². The molecule has 0 N–H and O–H groups in total. The van der Waals surface area contributed by atoms with Crippen LogP contribution in [0.4, 0.5) is 0 Å². The number of carbonyl (C=O) groups excluding carboxylic acids is 1. The molecule has 0 saturated carbocycles. The van der Waals surface area contributed by atoms with Gasteiger partial charge >= 0.3 is 5.97 Å². The number of esters is 1. The number of piperidine rings is 1. The molecule has 2 rings (SSSR count). The molecule has 0 aliphatic carbocycles. The number of sulfonamides is 1. The highest BCUT2D eigenvalue weighted by molar-refractivity contribution is 7.89. The minimum Gasteiger partial charge on any atom is -0.466 e. The van der Waals surface area contributed by atoms with Gasteiger partial charge in [0.1, 0.15) is 0 Å². The molecule has 1 atom stereocenters. The molecule has 0 amide bonds. The predicted octanol–water partition coefficient (Wildman–Crippen LogP) is 2.58. The van der Waals surface area contributed by atoms with E-state index in [1.165, 1.54) is 4.31 Å². The average Bonchev–Trinajstić information content (AvgIpc) is 2.46. The van der Waals surface area contributed by atoms with Gasteiger partial charge in [-0.2, -0.15) is 4.31 Å². The lowest BCUT2D eigenvalue weighted by atomic mass is 10.0. The highest BCUT2D eigenvalue weighted by atomic mass is 32.2. The van der Waals surface area contributed by atoms with Crippen LogP contribution in [0.25, 0.3) is 0 Å². The number of hydrogen-bond donors (Lipinski definition) is 0. The van der Waals surface area contributed by atoms with Gasteiger partial charge in [-0.3, -0.25) is 4.79 Å². The number of carbonyl (C=O) groups is 1. The third-order valence-corrected chi connectivity index (χ3v) is 6.38. The number of ether oxygens (including phenoxy) is 1. The van der Waals surface area contributed by atoms with Gasteiger partial charge in [0.25, 0.3) is 0 Å². The van der Waals surface area contributed by atoms with Crippen molar-refractivity contribution in [2.45, 2.75) is 45.4 Å². The second-order valence-corrected chi connectivity index (χ2v) is 8.06. The van der Waals surface area contributed by atoms with E-state index in [2.05, 4.69) is 0 Å². The Morgan fingerprint density at radius 2 is 1.87 bits per heavy atom. The van der Waals surface area contributed by atoms with Gasteiger partial charge in [-0.1, -0.05) is 17.7 Å². The fourth-order valence-corrected chi connectivity index (χ4v) is 5.25. The van der Waals surface area contributed by atoms with E-state index in [9.17, 15) is 13.2 Å². The third kappa shape index (κ3) is 3.75. The van der Waals surface area contributed by atoms with E-state index in [1.54, 1.807) is 6.92 Å². The molecule has 128 valence electrons. The molecular formula is C17H25NO4S. The fraction of sp³-hybridized carbons (Fsp3) is 0.588. The van der Waals surface area contributed by atoms with Crippen LogP contribution in [-0.2, 0) is 19.6 Å². The van der Waals surface area contributed by atoms with Crippen LogP contribution in [0.15, 0.2) is 17.0 Å². The molecular weight excluding hydrogens is 314 g/mol. The van der Waals surface area contributed by atoms with Crippen molar-refractivity contribution in [3.8, 4) is 0 Å². The molecule has 1 heterocycles. The summed E-state index contributed by atoms with van der Waals surface area (Å²) in [5.74, 6) is -0.672. The molecule has 1 aromatic carbocycles. The zero-order valence-electron chi connectivity index (χ0n) is 14.3. The molecule has 5 nitrogen and oxygen atoms in total. The number of benzene rings is 1. The first kappa shape index (κ1) is 17.9. The quantitative estimate of drug-likeness (QED) is 0.791. The molecule has 23 heavy (non-hydrogen) atoms. The smallest absolute Gasteiger partial charge is 0.310 e. The number of aryl methyl sites for hydroxylation is 3. The van der Waals surface area contributed by atoms with Crippen molar-refractivity contribution in [2.75, 3.05) is 19.7 Å². The highest BCUT2D eigenvalue weighted by Crippen LogP contribution is 2.29. The molecule has 1 aliphatic rings. The Labute approximate surface area is 138 Å². The normalized spacial score (nSPS) is 19.6. The summed E-state index contributed by atoms with van der Waals surface area (Å²) in [6, 6.07) is 3.76. The fourth-order valence-electron chi connectivity index (χ4n) is 3.32. The van der Waals surface area contributed by atoms with E-state index in [-0.39, 0.29) is 18.4 Å². The zero-order valence-corrected chi connectivity index (χ0v) is 15.1. The number of hydrogen-bond acceptors (Lipinski definition) is 4. The molecule has 0 radical (unpaired) electrons. The Morgan fingerprint density at radius 1 is 1.26 bits per heavy atom. The van der Waals surface area contributed by atoms with Gasteiger partial charge in [-0.05, 0) is 51.7 Å². The van der Waals surface area contributed by atoms with Crippen LogP contribution in [0.5, 0.6) is 0 Å². The Bertz CT molecular complexity index is 674. The van der Waals surface area contributed by atoms with Crippen molar-refractivity contribution >= 4 is 16.0 Å². The minimum absolute atomic E-state index is 0.202. The van der Waals surface area contributed by atoms with Gasteiger partial charge in [-0.15, -0.1) is 0 Å². The zero-order chi connectivity index (χ0) is 17.2. The van der Waals surface area contributed by atoms with Crippen LogP contribution in [0.3, 0.4) is 0 Å². The lowest BCUT2D eigenvalue weighted by molar-refractivity contribution is -0.149. The summed E-state index contributed by atoms with van der Waals surface area (Å²) < 4.78 is 32.6. The van der Waals surface area contributed by atoms with Gasteiger partial charge < -0.3 is 4.74 Å². The predicted molar refractivity (Wildman–Crippen MR) is 88.8 cm³/mol. The summed E-state index contributed by atoms with van der Waals surface area (Å²) in [7, 11) is -3.60. The monoisotopic (exact) mass is 339 g/mol. The first-order chi connectivity index (χ1) is 10.8. The van der Waals surface area contributed by atoms with Crippen molar-refractivity contribution in [2.24, 2.45) is 5.92 Å². The van der Waals surface area contributed by atoms with Crippen LogP contribution >= 0.6 is 0 Å². The number of nitrogens with zero attached hydrogens (tertiary/aromatic N) is 1. The first-order valence-electron chi connectivity index (χ1n) is 8.02. The van der Waals surface area contributed by atoms with Crippen LogP contribution < -0.4 is 0 Å². The van der Waals surface area contributed by atoms with Crippen LogP contribution in [0, 0.1) is 26.7 Å². The maximum atomic E-state index is 13.0. The van der Waals surface area contributed by atoms with Gasteiger partial charge in [0, 0.05) is 13.1 Å². The maximum absolute atomic E-state index is 13.0. The van der Waals surface area contributed by atoms with Gasteiger partial charge in [0.2, 0.25) is 10.0 Å². The minimum atomic E-state index is -3.60. The van der Waals surface area contributed by atoms with Crippen LogP contribution in [0.1, 0.15) is 36.5 Å². The van der Waals surface area contributed by atoms with Crippen molar-refractivity contribution in [1.29, 1.82) is 0 Å². The largest absolute Gasteiger partial charge is 0.466 e. The van der Waals surface area contributed by atoms with Crippen molar-refractivity contribution < 1.29 is 17.9 Å². The molecule has 1 aromatic rings. The van der Waals surface area contributed by atoms with Crippen molar-refractivity contribution in [1.82, 2.24) is 4.31 Å². The second-order valence-electron chi connectivity index (χ2n) is 6.18. The van der Waals surface area contributed by atoms with E-state index in [4.69, 9.17) is 4.74 Å². The summed E-state index contributed by atoms with van der Waals surface area (Å²) in [5, 5.41) is 0. The molecule has 0 spiro atoms. The van der Waals surface area contributed by atoms with E-state index < -0.39 is 10.0 Å². The molecule has 0 unspecified atom stereocenters. The van der Waals surface area contributed by atoms with E-state index >= 15 is 0 Å². The van der Waals surface area contributed by atoms with E-state index in [0.29, 0.717) is 30.9 Å². The average molecular weight is 339 g/mol. The van der Waals surface area contributed by atoms with Gasteiger partial charge in [0.05, 0.1) is 17.4 Å². The Hall–Kier alpha value is -1.40. The van der Waals surface area contributed by atoms with Crippen molar-refractivity contribution in [3.05, 3.63) is 28.8 Å². The molecule has 1 fully saturated rings. The molecule has 1 aliphatic heterocycles. The van der Waals surface area contributed by atoms with E-state index in [1.807, 2.05) is 32.9 Å². The third-order valence-electron chi connectivity index (χ3n) is 4.21. The lowest BCUT2D eigenvalue weighted by Gasteiger charge is -2.31. The van der Waals surface area contributed by atoms with Crippen LogP contribution in [0.2, 0.25) is 0 Å². The summed E-state index contributed by atoms with van der Waals surface area (Å²) in [6.07, 6.45) is 1.35. The summed E-state index contributed by atoms with van der Waals surface area (Å²) in [4.78, 5) is 12.3. The Morgan fingerprint density at radius 3 is 2.43 bits per heavy atom. The summed E-state index contributed by atoms with van der Waals surface area (Å²) >= 11 is 0. The SMILES string of the molecule is CCOC(=O)[C@H]1CCCN(S(=O)(=O)c2c(C)cc(C)cc2C)C1. The Kier molecular flexibility index (Phi) is 5.47. The topological polar surface area (TPSA) is 63.7 Å². The second kappa shape index (κ2) is 7.01. The molecule has 1 saturated heterocycles. The first-order valence-corrected chi connectivity index (χ1v) is 9.46. The van der Waals surface area contributed by atoms with Gasteiger partial charge in [0.15, 0.2) is 0 Å². The molecule has 6 heteroatoms. The maximum Gasteiger partial charge on any atom is 0.310 e. The Balaban J connectivity index is 2.31. The lowest BCUT2D eigenvalue weighted by Crippen LogP contribution is -2.43. The molecule has 0 aromatic heterocycles. The number of rotatable bonds is 4. The standard InChI is InChI=1S/C17H25NO4S/c1-5-22-17(19)15-7-6-8-18(11-15)23(20,21)16-13(3)9-12(2)10-14(16)4/h9-10,15H,5-8,11H2,1-4H3/t15-/m0/s1. The highest BCUT2D eigenvalue weighted by Gasteiger charge is 2.35. The summed E-state index contributed by atoms with van der Waals surface area (Å²) in [6.45, 7) is 8.32. The van der Waals surface area contributed by atoms with Crippen LogP contribution in [-0.4, -0.2) is 38.4 Å². The van der Waals surface area contributed by atoms with Crippen molar-refractivity contribution in [3.63, 3.8) is 0 Å².